The van der Waals surface area contributed by atoms with Crippen molar-refractivity contribution in [3.8, 4) is 11.5 Å². The predicted molar refractivity (Wildman–Crippen MR) is 107 cm³/mol. The summed E-state index contributed by atoms with van der Waals surface area (Å²) in [6.07, 6.45) is 0. The SMILES string of the molecule is COc1ccc(C(=O)N2C[C@@H](C)N(C(=O)c3ccc(OC)c(F)c3F)[C@H](C)C2)c(F)c1. The van der Waals surface area contributed by atoms with E-state index in [-0.39, 0.29) is 24.4 Å². The summed E-state index contributed by atoms with van der Waals surface area (Å²) in [7, 11) is 2.60. The van der Waals surface area contributed by atoms with Crippen molar-refractivity contribution in [1.29, 1.82) is 0 Å². The molecule has 9 heteroatoms. The summed E-state index contributed by atoms with van der Waals surface area (Å²) in [5, 5.41) is 0. The number of methoxy groups -OCH3 is 2. The highest BCUT2D eigenvalue weighted by molar-refractivity contribution is 5.97. The molecule has 2 atom stereocenters. The van der Waals surface area contributed by atoms with Crippen molar-refractivity contribution < 1.29 is 32.2 Å². The molecule has 2 aromatic rings. The molecule has 0 aromatic heterocycles. The molecule has 31 heavy (non-hydrogen) atoms. The van der Waals surface area contributed by atoms with E-state index in [1.807, 2.05) is 0 Å². The molecule has 0 unspecified atom stereocenters. The molecule has 0 spiro atoms. The maximum Gasteiger partial charge on any atom is 0.257 e. The zero-order chi connectivity index (χ0) is 22.9. The van der Waals surface area contributed by atoms with Crippen LogP contribution in [0.3, 0.4) is 0 Å². The Balaban J connectivity index is 1.81. The van der Waals surface area contributed by atoms with Gasteiger partial charge < -0.3 is 19.3 Å². The van der Waals surface area contributed by atoms with Gasteiger partial charge in [-0.3, -0.25) is 9.59 Å². The first kappa shape index (κ1) is 22.5. The van der Waals surface area contributed by atoms with Crippen LogP contribution in [-0.2, 0) is 0 Å². The minimum Gasteiger partial charge on any atom is -0.497 e. The van der Waals surface area contributed by atoms with E-state index in [0.717, 1.165) is 6.07 Å². The molecule has 1 saturated heterocycles. The van der Waals surface area contributed by atoms with E-state index in [9.17, 15) is 22.8 Å². The van der Waals surface area contributed by atoms with Gasteiger partial charge in [-0.05, 0) is 38.1 Å². The average Bonchev–Trinajstić information content (AvgIpc) is 2.74. The minimum atomic E-state index is -1.29. The summed E-state index contributed by atoms with van der Waals surface area (Å²) < 4.78 is 52.5. The molecular weight excluding hydrogens is 413 g/mol. The highest BCUT2D eigenvalue weighted by atomic mass is 19.2. The summed E-state index contributed by atoms with van der Waals surface area (Å²) in [5.41, 5.74) is -0.527. The molecule has 1 aliphatic rings. The van der Waals surface area contributed by atoms with Crippen molar-refractivity contribution in [2.45, 2.75) is 25.9 Å². The third-order valence-corrected chi connectivity index (χ3v) is 5.34. The monoisotopic (exact) mass is 436 g/mol. The smallest absolute Gasteiger partial charge is 0.257 e. The summed E-state index contributed by atoms with van der Waals surface area (Å²) in [5.74, 6) is -4.46. The fourth-order valence-corrected chi connectivity index (χ4v) is 3.85. The third kappa shape index (κ3) is 4.17. The molecule has 166 valence electrons. The fourth-order valence-electron chi connectivity index (χ4n) is 3.85. The van der Waals surface area contributed by atoms with Gasteiger partial charge in [-0.2, -0.15) is 4.39 Å². The number of carbonyl (C=O) groups excluding carboxylic acids is 2. The number of amides is 2. The van der Waals surface area contributed by atoms with Crippen molar-refractivity contribution >= 4 is 11.8 Å². The summed E-state index contributed by atoms with van der Waals surface area (Å²) in [6, 6.07) is 5.30. The van der Waals surface area contributed by atoms with Crippen LogP contribution in [0.4, 0.5) is 13.2 Å². The Hall–Kier alpha value is -3.23. The largest absolute Gasteiger partial charge is 0.497 e. The van der Waals surface area contributed by atoms with E-state index < -0.39 is 46.9 Å². The number of benzene rings is 2. The predicted octanol–water partition coefficient (Wildman–Crippen LogP) is 3.50. The minimum absolute atomic E-state index is 0.108. The molecule has 6 nitrogen and oxygen atoms in total. The lowest BCUT2D eigenvalue weighted by atomic mass is 10.0. The van der Waals surface area contributed by atoms with Gasteiger partial charge in [-0.1, -0.05) is 0 Å². The molecule has 0 aliphatic carbocycles. The number of ether oxygens (including phenoxy) is 2. The summed E-state index contributed by atoms with van der Waals surface area (Å²) >= 11 is 0. The number of hydrogen-bond donors (Lipinski definition) is 0. The van der Waals surface area contributed by atoms with Crippen molar-refractivity contribution in [3.63, 3.8) is 0 Å². The topological polar surface area (TPSA) is 59.1 Å². The molecular formula is C22H23F3N2O4. The normalized spacial score (nSPS) is 18.7. The second kappa shape index (κ2) is 8.87. The fraction of sp³-hybridized carbons (Fsp3) is 0.364. The highest BCUT2D eigenvalue weighted by Gasteiger charge is 2.37. The van der Waals surface area contributed by atoms with Crippen molar-refractivity contribution in [1.82, 2.24) is 9.80 Å². The Morgan fingerprint density at radius 1 is 0.871 bits per heavy atom. The van der Waals surface area contributed by atoms with E-state index in [1.165, 1.54) is 48.3 Å². The number of carbonyl (C=O) groups is 2. The molecule has 2 amide bonds. The maximum absolute atomic E-state index is 14.4. The molecule has 0 saturated carbocycles. The number of nitrogens with zero attached hydrogens (tertiary/aromatic N) is 2. The van der Waals surface area contributed by atoms with Crippen LogP contribution < -0.4 is 9.47 Å². The number of piperazine rings is 1. The van der Waals surface area contributed by atoms with Crippen LogP contribution in [0.15, 0.2) is 30.3 Å². The van der Waals surface area contributed by atoms with Crippen LogP contribution >= 0.6 is 0 Å². The standard InChI is InChI=1S/C22H23F3N2O4/c1-12-10-26(21(28)15-6-5-14(30-3)9-17(15)23)11-13(2)27(12)22(29)16-7-8-18(31-4)20(25)19(16)24/h5-9,12-13H,10-11H2,1-4H3/t12-,13-/m1/s1. The van der Waals surface area contributed by atoms with Crippen molar-refractivity contribution in [3.05, 3.63) is 58.9 Å². The van der Waals surface area contributed by atoms with Crippen LogP contribution in [0, 0.1) is 17.5 Å². The molecule has 0 radical (unpaired) electrons. The maximum atomic E-state index is 14.4. The quantitative estimate of drug-likeness (QED) is 0.736. The molecule has 1 heterocycles. The second-order valence-corrected chi connectivity index (χ2v) is 7.41. The van der Waals surface area contributed by atoms with Gasteiger partial charge in [0.15, 0.2) is 11.6 Å². The van der Waals surface area contributed by atoms with Gasteiger partial charge in [0.05, 0.1) is 25.3 Å². The Bertz CT molecular complexity index is 1000. The Morgan fingerprint density at radius 3 is 2.03 bits per heavy atom. The van der Waals surface area contributed by atoms with E-state index in [2.05, 4.69) is 0 Å². The molecule has 3 rings (SSSR count). The number of halogens is 3. The lowest BCUT2D eigenvalue weighted by Gasteiger charge is -2.44. The van der Waals surface area contributed by atoms with Gasteiger partial charge in [0.1, 0.15) is 11.6 Å². The molecule has 0 bridgehead atoms. The van der Waals surface area contributed by atoms with Gasteiger partial charge in [0.2, 0.25) is 5.82 Å². The van der Waals surface area contributed by atoms with Gasteiger partial charge in [-0.15, -0.1) is 0 Å². The van der Waals surface area contributed by atoms with Crippen LogP contribution in [0.2, 0.25) is 0 Å². The van der Waals surface area contributed by atoms with Crippen LogP contribution in [0.5, 0.6) is 11.5 Å². The average molecular weight is 436 g/mol. The first-order valence-electron chi connectivity index (χ1n) is 9.67. The second-order valence-electron chi connectivity index (χ2n) is 7.41. The van der Waals surface area contributed by atoms with E-state index in [4.69, 9.17) is 9.47 Å². The number of rotatable bonds is 4. The Labute approximate surface area is 178 Å². The zero-order valence-electron chi connectivity index (χ0n) is 17.6. The summed E-state index contributed by atoms with van der Waals surface area (Å²) in [4.78, 5) is 28.7. The van der Waals surface area contributed by atoms with Crippen LogP contribution in [-0.4, -0.2) is 61.0 Å². The lowest BCUT2D eigenvalue weighted by molar-refractivity contribution is 0.0248. The first-order chi connectivity index (χ1) is 14.7. The zero-order valence-corrected chi connectivity index (χ0v) is 17.6. The first-order valence-corrected chi connectivity index (χ1v) is 9.67. The highest BCUT2D eigenvalue weighted by Crippen LogP contribution is 2.27. The summed E-state index contributed by atoms with van der Waals surface area (Å²) in [6.45, 7) is 3.60. The van der Waals surface area contributed by atoms with Gasteiger partial charge in [0.25, 0.3) is 11.8 Å². The molecule has 2 aromatic carbocycles. The molecule has 1 aliphatic heterocycles. The van der Waals surface area contributed by atoms with Crippen molar-refractivity contribution in [2.24, 2.45) is 0 Å². The van der Waals surface area contributed by atoms with Gasteiger partial charge in [-0.25, -0.2) is 8.78 Å². The Kier molecular flexibility index (Phi) is 6.42. The van der Waals surface area contributed by atoms with Crippen LogP contribution in [0.1, 0.15) is 34.6 Å². The molecule has 0 N–H and O–H groups in total. The third-order valence-electron chi connectivity index (χ3n) is 5.34. The van der Waals surface area contributed by atoms with Crippen molar-refractivity contribution in [2.75, 3.05) is 27.3 Å². The van der Waals surface area contributed by atoms with E-state index in [1.54, 1.807) is 13.8 Å². The molecule has 1 fully saturated rings. The lowest BCUT2D eigenvalue weighted by Crippen LogP contribution is -2.60. The Morgan fingerprint density at radius 2 is 1.48 bits per heavy atom. The van der Waals surface area contributed by atoms with E-state index >= 15 is 0 Å². The van der Waals surface area contributed by atoms with Gasteiger partial charge in [0, 0.05) is 31.2 Å². The van der Waals surface area contributed by atoms with Gasteiger partial charge >= 0.3 is 0 Å². The van der Waals surface area contributed by atoms with E-state index in [0.29, 0.717) is 5.75 Å². The number of hydrogen-bond acceptors (Lipinski definition) is 4. The van der Waals surface area contributed by atoms with Crippen LogP contribution in [0.25, 0.3) is 0 Å².